The smallest absolute Gasteiger partial charge is 0.294 e. The Morgan fingerprint density at radius 2 is 1.86 bits per heavy atom. The number of benzene rings is 1. The van der Waals surface area contributed by atoms with Crippen molar-refractivity contribution in [1.29, 1.82) is 0 Å². The zero-order valence-corrected chi connectivity index (χ0v) is 17.2. The molecule has 1 atom stereocenters. The SMILES string of the molecule is Cc1cc(NC(=O)c2c(C)c(C(=O)C(=O)N[C@H](C)CCO)n(C)c2C)ccc1F. The van der Waals surface area contributed by atoms with Crippen LogP contribution >= 0.6 is 0 Å². The number of carbonyl (C=O) groups excluding carboxylic acids is 3. The van der Waals surface area contributed by atoms with Gasteiger partial charge in [-0.25, -0.2) is 4.39 Å². The zero-order valence-electron chi connectivity index (χ0n) is 17.2. The van der Waals surface area contributed by atoms with Crippen LogP contribution in [0.3, 0.4) is 0 Å². The number of carbonyl (C=O) groups is 3. The highest BCUT2D eigenvalue weighted by Gasteiger charge is 2.29. The van der Waals surface area contributed by atoms with E-state index in [4.69, 9.17) is 5.11 Å². The quantitative estimate of drug-likeness (QED) is 0.488. The lowest BCUT2D eigenvalue weighted by Crippen LogP contribution is -2.39. The number of Topliss-reactive ketones (excluding diaryl/α,β-unsaturated/α-hetero) is 1. The topological polar surface area (TPSA) is 100 Å². The summed E-state index contributed by atoms with van der Waals surface area (Å²) >= 11 is 0. The number of nitrogens with zero attached hydrogens (tertiary/aromatic N) is 1. The number of halogens is 1. The molecule has 0 bridgehead atoms. The summed E-state index contributed by atoms with van der Waals surface area (Å²) in [5, 5.41) is 14.2. The molecule has 1 heterocycles. The number of nitrogens with one attached hydrogen (secondary N) is 2. The molecule has 0 unspecified atom stereocenters. The summed E-state index contributed by atoms with van der Waals surface area (Å²) in [5.74, 6) is -2.37. The molecule has 0 aliphatic rings. The molecule has 1 aromatic heterocycles. The first-order valence-corrected chi connectivity index (χ1v) is 9.27. The van der Waals surface area contributed by atoms with Gasteiger partial charge in [-0.05, 0) is 63.4 Å². The summed E-state index contributed by atoms with van der Waals surface area (Å²) in [6.45, 7) is 6.47. The first-order valence-electron chi connectivity index (χ1n) is 9.27. The Labute approximate surface area is 168 Å². The number of amides is 2. The van der Waals surface area contributed by atoms with Gasteiger partial charge in [-0.2, -0.15) is 0 Å². The van der Waals surface area contributed by atoms with Gasteiger partial charge in [0.25, 0.3) is 17.6 Å². The van der Waals surface area contributed by atoms with E-state index < -0.39 is 17.6 Å². The van der Waals surface area contributed by atoms with Crippen molar-refractivity contribution in [2.24, 2.45) is 7.05 Å². The number of aliphatic hydroxyl groups is 1. The van der Waals surface area contributed by atoms with E-state index in [1.54, 1.807) is 34.7 Å². The van der Waals surface area contributed by atoms with Crippen molar-refractivity contribution in [3.05, 3.63) is 52.1 Å². The molecule has 0 radical (unpaired) electrons. The summed E-state index contributed by atoms with van der Waals surface area (Å²) in [6, 6.07) is 3.88. The average Bonchev–Trinajstić information content (AvgIpc) is 2.86. The molecule has 0 spiro atoms. The normalized spacial score (nSPS) is 11.8. The Morgan fingerprint density at radius 3 is 2.45 bits per heavy atom. The molecule has 0 aliphatic carbocycles. The Balaban J connectivity index is 2.31. The van der Waals surface area contributed by atoms with Crippen LogP contribution in [0.15, 0.2) is 18.2 Å². The fourth-order valence-corrected chi connectivity index (χ4v) is 3.21. The number of rotatable bonds is 7. The third kappa shape index (κ3) is 4.71. The van der Waals surface area contributed by atoms with Gasteiger partial charge in [0.2, 0.25) is 0 Å². The molecular weight excluding hydrogens is 377 g/mol. The van der Waals surface area contributed by atoms with Crippen LogP contribution in [0.2, 0.25) is 0 Å². The molecule has 0 saturated carbocycles. The number of hydrogen-bond donors (Lipinski definition) is 3. The average molecular weight is 403 g/mol. The van der Waals surface area contributed by atoms with Crippen LogP contribution in [0.25, 0.3) is 0 Å². The van der Waals surface area contributed by atoms with E-state index in [2.05, 4.69) is 10.6 Å². The van der Waals surface area contributed by atoms with Crippen molar-refractivity contribution in [1.82, 2.24) is 9.88 Å². The first-order chi connectivity index (χ1) is 13.6. The number of aryl methyl sites for hydroxylation is 1. The van der Waals surface area contributed by atoms with Gasteiger partial charge < -0.3 is 20.3 Å². The van der Waals surface area contributed by atoms with Gasteiger partial charge in [0.15, 0.2) is 0 Å². The second-order valence-corrected chi connectivity index (χ2v) is 7.13. The first kappa shape index (κ1) is 22.3. The molecule has 0 saturated heterocycles. The second kappa shape index (κ2) is 9.00. The lowest BCUT2D eigenvalue weighted by molar-refractivity contribution is -0.117. The molecule has 0 aliphatic heterocycles. The minimum atomic E-state index is -0.796. The Hall–Kier alpha value is -3.00. The maximum Gasteiger partial charge on any atom is 0.294 e. The fourth-order valence-electron chi connectivity index (χ4n) is 3.21. The number of aliphatic hydroxyl groups excluding tert-OH is 1. The Bertz CT molecular complexity index is 965. The lowest BCUT2D eigenvalue weighted by Gasteiger charge is -2.12. The predicted molar refractivity (Wildman–Crippen MR) is 108 cm³/mol. The van der Waals surface area contributed by atoms with Gasteiger partial charge in [-0.1, -0.05) is 0 Å². The van der Waals surface area contributed by atoms with Crippen LogP contribution in [-0.2, 0) is 11.8 Å². The predicted octanol–water partition coefficient (Wildman–Crippen LogP) is 2.41. The standard InChI is InChI=1S/C21H26FN3O4/c1-11-10-15(6-7-16(11)22)24-20(28)17-13(3)18(25(5)14(17)4)19(27)21(29)23-12(2)8-9-26/h6-7,10,12,26H,8-9H2,1-5H3,(H,23,29)(H,24,28)/t12-/m1/s1. The van der Waals surface area contributed by atoms with Crippen LogP contribution in [0.1, 0.15) is 51.0 Å². The van der Waals surface area contributed by atoms with E-state index in [1.807, 2.05) is 0 Å². The summed E-state index contributed by atoms with van der Waals surface area (Å²) in [5.41, 5.74) is 2.15. The van der Waals surface area contributed by atoms with Gasteiger partial charge in [0.05, 0.1) is 11.3 Å². The molecule has 2 rings (SSSR count). The molecule has 1 aromatic carbocycles. The minimum absolute atomic E-state index is 0.106. The van der Waals surface area contributed by atoms with E-state index >= 15 is 0 Å². The molecule has 7 nitrogen and oxygen atoms in total. The van der Waals surface area contributed by atoms with Gasteiger partial charge in [-0.15, -0.1) is 0 Å². The zero-order chi connectivity index (χ0) is 21.9. The highest BCUT2D eigenvalue weighted by Crippen LogP contribution is 2.24. The minimum Gasteiger partial charge on any atom is -0.396 e. The molecule has 156 valence electrons. The van der Waals surface area contributed by atoms with E-state index in [-0.39, 0.29) is 29.7 Å². The van der Waals surface area contributed by atoms with Crippen LogP contribution < -0.4 is 10.6 Å². The maximum absolute atomic E-state index is 13.4. The summed E-state index contributed by atoms with van der Waals surface area (Å²) in [7, 11) is 1.61. The van der Waals surface area contributed by atoms with Crippen molar-refractivity contribution >= 4 is 23.3 Å². The molecule has 0 fully saturated rings. The highest BCUT2D eigenvalue weighted by atomic mass is 19.1. The van der Waals surface area contributed by atoms with E-state index in [0.29, 0.717) is 28.9 Å². The lowest BCUT2D eigenvalue weighted by atomic mass is 10.1. The van der Waals surface area contributed by atoms with E-state index in [1.165, 1.54) is 22.8 Å². The van der Waals surface area contributed by atoms with Gasteiger partial charge in [0.1, 0.15) is 5.82 Å². The van der Waals surface area contributed by atoms with Crippen LogP contribution in [0.4, 0.5) is 10.1 Å². The number of hydrogen-bond acceptors (Lipinski definition) is 4. The molecule has 2 amide bonds. The summed E-state index contributed by atoms with van der Waals surface area (Å²) < 4.78 is 15.0. The second-order valence-electron chi connectivity index (χ2n) is 7.13. The fraction of sp³-hybridized carbons (Fsp3) is 0.381. The van der Waals surface area contributed by atoms with Crippen molar-refractivity contribution in [3.63, 3.8) is 0 Å². The molecule has 3 N–H and O–H groups in total. The van der Waals surface area contributed by atoms with Crippen LogP contribution in [0.5, 0.6) is 0 Å². The number of ketones is 1. The van der Waals surface area contributed by atoms with Crippen molar-refractivity contribution in [3.8, 4) is 0 Å². The highest BCUT2D eigenvalue weighted by molar-refractivity contribution is 6.43. The Kier molecular flexibility index (Phi) is 6.92. The summed E-state index contributed by atoms with van der Waals surface area (Å²) in [6.07, 6.45) is 0.328. The molecular formula is C21H26FN3O4. The third-order valence-electron chi connectivity index (χ3n) is 4.93. The van der Waals surface area contributed by atoms with E-state index in [9.17, 15) is 18.8 Å². The van der Waals surface area contributed by atoms with Crippen LogP contribution in [0, 0.1) is 26.6 Å². The van der Waals surface area contributed by atoms with Gasteiger partial charge in [0, 0.05) is 31.1 Å². The largest absolute Gasteiger partial charge is 0.396 e. The molecule has 29 heavy (non-hydrogen) atoms. The molecule has 8 heteroatoms. The Morgan fingerprint density at radius 1 is 1.21 bits per heavy atom. The van der Waals surface area contributed by atoms with E-state index in [0.717, 1.165) is 0 Å². The van der Waals surface area contributed by atoms with Crippen molar-refractivity contribution in [2.75, 3.05) is 11.9 Å². The molecule has 2 aromatic rings. The van der Waals surface area contributed by atoms with Crippen LogP contribution in [-0.4, -0.2) is 39.9 Å². The maximum atomic E-state index is 13.4. The number of aromatic nitrogens is 1. The van der Waals surface area contributed by atoms with Crippen molar-refractivity contribution in [2.45, 2.75) is 40.2 Å². The summed E-state index contributed by atoms with van der Waals surface area (Å²) in [4.78, 5) is 37.8. The monoisotopic (exact) mass is 403 g/mol. The van der Waals surface area contributed by atoms with Crippen molar-refractivity contribution < 1.29 is 23.9 Å². The number of anilines is 1. The third-order valence-corrected chi connectivity index (χ3v) is 4.93. The van der Waals surface area contributed by atoms with Gasteiger partial charge >= 0.3 is 0 Å². The van der Waals surface area contributed by atoms with Gasteiger partial charge in [-0.3, -0.25) is 14.4 Å².